The van der Waals surface area contributed by atoms with Crippen LogP contribution in [-0.4, -0.2) is 137 Å². The quantitative estimate of drug-likeness (QED) is 0.0362. The number of unbranched alkanes of at least 4 members (excludes halogenated alkanes) is 18. The molecule has 344 valence electrons. The van der Waals surface area contributed by atoms with Crippen LogP contribution < -0.4 is 0 Å². The molecule has 0 rings (SSSR count). The van der Waals surface area contributed by atoms with E-state index in [1.165, 1.54) is 128 Å². The van der Waals surface area contributed by atoms with E-state index in [-0.39, 0.29) is 0 Å². The molecule has 0 amide bonds. The molecule has 0 aliphatic rings. The first-order chi connectivity index (χ1) is 26.7. The van der Waals surface area contributed by atoms with Gasteiger partial charge in [-0.1, -0.05) is 117 Å². The van der Waals surface area contributed by atoms with Crippen LogP contribution in [0.2, 0.25) is 51.4 Å². The highest BCUT2D eigenvalue weighted by molar-refractivity contribution is 6.87. The molecule has 0 aromatic rings. The van der Waals surface area contributed by atoms with Crippen molar-refractivity contribution in [3.8, 4) is 0 Å². The highest BCUT2D eigenvalue weighted by Crippen LogP contribution is 2.26. The van der Waals surface area contributed by atoms with Gasteiger partial charge in [-0.05, 0) is 89.9 Å². The highest BCUT2D eigenvalue weighted by atomic mass is 28.5. The summed E-state index contributed by atoms with van der Waals surface area (Å²) >= 11 is 0. The van der Waals surface area contributed by atoms with Gasteiger partial charge in [0.05, 0.1) is 54.5 Å². The van der Waals surface area contributed by atoms with Crippen molar-refractivity contribution >= 4 is 25.2 Å². The Labute approximate surface area is 360 Å². The van der Waals surface area contributed by atoms with Crippen LogP contribution in [0.1, 0.15) is 155 Å². The fourth-order valence-corrected chi connectivity index (χ4v) is 22.6. The summed E-state index contributed by atoms with van der Waals surface area (Å²) in [4.78, 5) is 0. The van der Waals surface area contributed by atoms with Crippen LogP contribution in [0.3, 0.4) is 0 Å². The third kappa shape index (κ3) is 37.8. The molecule has 0 saturated carbocycles. The van der Waals surface area contributed by atoms with Gasteiger partial charge in [-0.25, -0.2) is 0 Å². The lowest BCUT2D eigenvalue weighted by molar-refractivity contribution is -0.893. The van der Waals surface area contributed by atoms with Crippen LogP contribution in [0.5, 0.6) is 0 Å². The van der Waals surface area contributed by atoms with E-state index < -0.39 is 37.4 Å². The van der Waals surface area contributed by atoms with Crippen LogP contribution >= 0.6 is 0 Å². The zero-order chi connectivity index (χ0) is 43.1. The molecular weight excluding hydrogens is 761 g/mol. The van der Waals surface area contributed by atoms with E-state index in [9.17, 15) is 10.2 Å². The lowest BCUT2D eigenvalue weighted by Crippen LogP contribution is -2.52. The van der Waals surface area contributed by atoms with Gasteiger partial charge in [-0.2, -0.15) is 0 Å². The fourth-order valence-electron chi connectivity index (χ4n) is 8.58. The van der Waals surface area contributed by atoms with E-state index >= 15 is 0 Å². The first kappa shape index (κ1) is 57.3. The maximum Gasteiger partial charge on any atom is 0.311 e. The monoisotopic (exact) mass is 865 g/mol. The average Bonchev–Trinajstić information content (AvgIpc) is 3.08. The van der Waals surface area contributed by atoms with Crippen molar-refractivity contribution in [1.29, 1.82) is 0 Å². The number of aliphatic hydroxyl groups excluding tert-OH is 2. The Hall–Kier alpha value is 0.331. The lowest BCUT2D eigenvalue weighted by Gasteiger charge is -2.38. The molecule has 0 aromatic carbocycles. The van der Waals surface area contributed by atoms with E-state index in [0.717, 1.165) is 60.1 Å². The predicted octanol–water partition coefficient (Wildman–Crippen LogP) is 11.7. The molecule has 0 heterocycles. The van der Waals surface area contributed by atoms with Crippen LogP contribution in [0.25, 0.3) is 0 Å². The summed E-state index contributed by atoms with van der Waals surface area (Å²) < 4.78 is 27.3. The van der Waals surface area contributed by atoms with Crippen molar-refractivity contribution in [2.75, 3.05) is 80.8 Å². The summed E-state index contributed by atoms with van der Waals surface area (Å²) in [6.45, 7) is 24.0. The van der Waals surface area contributed by atoms with E-state index in [1.54, 1.807) is 0 Å². The van der Waals surface area contributed by atoms with Gasteiger partial charge in [0.1, 0.15) is 25.3 Å². The van der Waals surface area contributed by atoms with Gasteiger partial charge in [0.2, 0.25) is 0 Å². The first-order valence-corrected chi connectivity index (χ1v) is 33.3. The normalized spacial score (nSPS) is 14.4. The predicted molar refractivity (Wildman–Crippen MR) is 254 cm³/mol. The molecule has 0 aliphatic carbocycles. The SMILES string of the molecule is CCCCCCCCCCCC[N+](C)(C)CC(O)COCCC[Si](C)(C)O[Si](C)(C)O[Si](C)(C)CCCOCC(O)C[N+](C)(C)CCCCCCCCCCCC. The number of quaternary nitrogens is 2. The van der Waals surface area contributed by atoms with Crippen molar-refractivity contribution in [2.24, 2.45) is 0 Å². The summed E-state index contributed by atoms with van der Waals surface area (Å²) in [5.74, 6) is 0. The van der Waals surface area contributed by atoms with Gasteiger partial charge in [0.25, 0.3) is 0 Å². The summed E-state index contributed by atoms with van der Waals surface area (Å²) in [5, 5.41) is 21.4. The molecule has 2 N–H and O–H groups in total. The maximum absolute atomic E-state index is 10.7. The van der Waals surface area contributed by atoms with Gasteiger partial charge in [-0.3, -0.25) is 0 Å². The van der Waals surface area contributed by atoms with Crippen LogP contribution in [-0.2, 0) is 17.7 Å². The smallest absolute Gasteiger partial charge is 0.311 e. The van der Waals surface area contributed by atoms with Gasteiger partial charge < -0.3 is 36.9 Å². The third-order valence-corrected chi connectivity index (χ3v) is 22.9. The second kappa shape index (κ2) is 33.0. The van der Waals surface area contributed by atoms with Gasteiger partial charge >= 0.3 is 8.56 Å². The minimum Gasteiger partial charge on any atom is -0.437 e. The average molecular weight is 866 g/mol. The molecule has 0 radical (unpaired) electrons. The molecule has 0 fully saturated rings. The summed E-state index contributed by atoms with van der Waals surface area (Å²) in [6, 6.07) is 2.05. The second-order valence-electron chi connectivity index (χ2n) is 20.8. The third-order valence-electron chi connectivity index (χ3n) is 11.4. The molecule has 57 heavy (non-hydrogen) atoms. The number of hydrogen-bond acceptors (Lipinski definition) is 6. The minimum absolute atomic E-state index is 0.408. The number of nitrogens with zero attached hydrogens (tertiary/aromatic N) is 2. The van der Waals surface area contributed by atoms with E-state index in [0.29, 0.717) is 26.4 Å². The van der Waals surface area contributed by atoms with Gasteiger partial charge in [0, 0.05) is 13.2 Å². The van der Waals surface area contributed by atoms with E-state index in [4.69, 9.17) is 17.7 Å². The molecule has 0 spiro atoms. The largest absolute Gasteiger partial charge is 0.437 e. The standard InChI is InChI=1S/C46H104N2O6Si3/c1-13-15-17-19-21-23-25-27-29-31-35-47(3,4)41-45(49)43-51-37-33-39-55(7,8)53-57(11,12)54-56(9,10)40-34-38-52-44-46(50)42-48(5,6)36-32-30-28-26-24-22-20-18-16-14-2/h45-46,49-50H,13-44H2,1-12H3/q+2. The number of hydrogen-bond donors (Lipinski definition) is 2. The number of ether oxygens (including phenoxy) is 2. The van der Waals surface area contributed by atoms with Crippen LogP contribution in [0.15, 0.2) is 0 Å². The first-order valence-electron chi connectivity index (χ1n) is 24.3. The Bertz CT molecular complexity index is 855. The maximum atomic E-state index is 10.7. The van der Waals surface area contributed by atoms with Crippen molar-refractivity contribution < 1.29 is 36.9 Å². The van der Waals surface area contributed by atoms with Crippen LogP contribution in [0, 0.1) is 0 Å². The zero-order valence-electron chi connectivity index (χ0n) is 40.7. The minimum atomic E-state index is -2.30. The second-order valence-corrected chi connectivity index (χ2v) is 33.3. The highest BCUT2D eigenvalue weighted by Gasteiger charge is 2.39. The molecule has 0 aliphatic heterocycles. The van der Waals surface area contributed by atoms with Crippen molar-refractivity contribution in [3.63, 3.8) is 0 Å². The molecule has 8 nitrogen and oxygen atoms in total. The summed E-state index contributed by atoms with van der Waals surface area (Å²) in [5.41, 5.74) is 0. The van der Waals surface area contributed by atoms with Crippen LogP contribution in [0.4, 0.5) is 0 Å². The zero-order valence-corrected chi connectivity index (χ0v) is 43.7. The number of aliphatic hydroxyl groups is 2. The van der Waals surface area contributed by atoms with Crippen molar-refractivity contribution in [2.45, 2.75) is 219 Å². The fraction of sp³-hybridized carbons (Fsp3) is 1.00. The Kier molecular flexibility index (Phi) is 33.2. The molecular formula is C46H104N2O6Si3+2. The molecule has 0 saturated heterocycles. The molecule has 2 atom stereocenters. The van der Waals surface area contributed by atoms with E-state index in [1.807, 2.05) is 0 Å². The van der Waals surface area contributed by atoms with Crippen molar-refractivity contribution in [3.05, 3.63) is 0 Å². The Morgan fingerprint density at radius 3 is 1.00 bits per heavy atom. The Morgan fingerprint density at radius 2 is 0.702 bits per heavy atom. The number of likely N-dealkylation sites (N-methyl/N-ethyl adjacent to an activating group) is 2. The summed E-state index contributed by atoms with van der Waals surface area (Å²) in [6.07, 6.45) is 28.2. The number of rotatable bonds is 42. The van der Waals surface area contributed by atoms with Crippen molar-refractivity contribution in [1.82, 2.24) is 0 Å². The topological polar surface area (TPSA) is 77.4 Å². The Morgan fingerprint density at radius 1 is 0.421 bits per heavy atom. The Balaban J connectivity index is 4.17. The lowest BCUT2D eigenvalue weighted by atomic mass is 10.1. The van der Waals surface area contributed by atoms with E-state index in [2.05, 4.69) is 81.3 Å². The van der Waals surface area contributed by atoms with Gasteiger partial charge in [0.15, 0.2) is 16.6 Å². The molecule has 11 heteroatoms. The molecule has 0 bridgehead atoms. The van der Waals surface area contributed by atoms with Gasteiger partial charge in [-0.15, -0.1) is 0 Å². The molecule has 2 unspecified atom stereocenters. The molecule has 0 aromatic heterocycles. The summed E-state index contributed by atoms with van der Waals surface area (Å²) in [7, 11) is 2.79.